The lowest BCUT2D eigenvalue weighted by Crippen LogP contribution is -2.16. The van der Waals surface area contributed by atoms with Gasteiger partial charge in [0, 0.05) is 23.4 Å². The second kappa shape index (κ2) is 6.95. The zero-order valence-corrected chi connectivity index (χ0v) is 15.7. The molecule has 0 atom stereocenters. The average Bonchev–Trinajstić information content (AvgIpc) is 3.25. The SMILES string of the molecule is CCOC(=O)c1c2c(c(C)n1Cc1ccc(OC)cc1)-c1oncc1CC2. The van der Waals surface area contributed by atoms with Crippen LogP contribution >= 0.6 is 0 Å². The molecule has 140 valence electrons. The molecule has 0 saturated carbocycles. The van der Waals surface area contributed by atoms with Crippen LogP contribution in [0.25, 0.3) is 11.3 Å². The van der Waals surface area contributed by atoms with Crippen LogP contribution in [-0.4, -0.2) is 29.4 Å². The fourth-order valence-corrected chi connectivity index (χ4v) is 3.79. The molecule has 2 heterocycles. The summed E-state index contributed by atoms with van der Waals surface area (Å²) in [6.45, 7) is 4.75. The lowest BCUT2D eigenvalue weighted by atomic mass is 9.91. The van der Waals surface area contributed by atoms with Gasteiger partial charge in [0.05, 0.1) is 19.9 Å². The first-order chi connectivity index (χ1) is 13.1. The summed E-state index contributed by atoms with van der Waals surface area (Å²) in [6, 6.07) is 7.86. The van der Waals surface area contributed by atoms with Gasteiger partial charge in [-0.15, -0.1) is 0 Å². The van der Waals surface area contributed by atoms with Crippen LogP contribution in [0, 0.1) is 6.92 Å². The molecule has 6 nitrogen and oxygen atoms in total. The van der Waals surface area contributed by atoms with E-state index in [9.17, 15) is 4.79 Å². The molecule has 27 heavy (non-hydrogen) atoms. The van der Waals surface area contributed by atoms with Crippen molar-refractivity contribution in [1.82, 2.24) is 9.72 Å². The predicted octanol–water partition coefficient (Wildman–Crippen LogP) is 3.78. The van der Waals surface area contributed by atoms with Crippen molar-refractivity contribution >= 4 is 5.97 Å². The molecular formula is C21H22N2O4. The van der Waals surface area contributed by atoms with Gasteiger partial charge in [-0.1, -0.05) is 17.3 Å². The normalized spacial score (nSPS) is 12.4. The number of aromatic nitrogens is 2. The minimum atomic E-state index is -0.293. The molecule has 4 rings (SSSR count). The summed E-state index contributed by atoms with van der Waals surface area (Å²) in [6.07, 6.45) is 3.35. The molecule has 0 saturated heterocycles. The third kappa shape index (κ3) is 2.91. The maximum atomic E-state index is 12.8. The highest BCUT2D eigenvalue weighted by Gasteiger charge is 2.32. The van der Waals surface area contributed by atoms with E-state index in [1.54, 1.807) is 13.3 Å². The standard InChI is InChI=1S/C21H22N2O4/c1-4-26-21(24)19-17-10-7-15-11-22-27-20(15)18(17)13(2)23(19)12-14-5-8-16(25-3)9-6-14/h5-6,8-9,11H,4,7,10,12H2,1-3H3. The van der Waals surface area contributed by atoms with Crippen molar-refractivity contribution in [1.29, 1.82) is 0 Å². The molecule has 0 amide bonds. The van der Waals surface area contributed by atoms with E-state index in [1.807, 2.05) is 42.7 Å². The number of ether oxygens (including phenoxy) is 2. The van der Waals surface area contributed by atoms with Crippen LogP contribution in [0.5, 0.6) is 5.75 Å². The van der Waals surface area contributed by atoms with Gasteiger partial charge < -0.3 is 18.6 Å². The minimum absolute atomic E-state index is 0.293. The van der Waals surface area contributed by atoms with Crippen LogP contribution in [0.2, 0.25) is 0 Å². The zero-order valence-electron chi connectivity index (χ0n) is 15.7. The molecule has 1 aromatic carbocycles. The molecule has 0 radical (unpaired) electrons. The van der Waals surface area contributed by atoms with Crippen molar-refractivity contribution in [2.24, 2.45) is 0 Å². The third-order valence-electron chi connectivity index (χ3n) is 5.11. The van der Waals surface area contributed by atoms with Crippen LogP contribution in [0.4, 0.5) is 0 Å². The van der Waals surface area contributed by atoms with Gasteiger partial charge in [-0.2, -0.15) is 0 Å². The van der Waals surface area contributed by atoms with Crippen LogP contribution in [0.1, 0.15) is 39.8 Å². The average molecular weight is 366 g/mol. The molecular weight excluding hydrogens is 344 g/mol. The summed E-state index contributed by atoms with van der Waals surface area (Å²) in [7, 11) is 1.65. The number of fused-ring (bicyclic) bond motifs is 3. The lowest BCUT2D eigenvalue weighted by Gasteiger charge is -2.13. The molecule has 0 aliphatic heterocycles. The van der Waals surface area contributed by atoms with Crippen molar-refractivity contribution < 1.29 is 18.8 Å². The Bertz CT molecular complexity index is 983. The fourth-order valence-electron chi connectivity index (χ4n) is 3.79. The zero-order chi connectivity index (χ0) is 19.0. The van der Waals surface area contributed by atoms with Gasteiger partial charge in [0.2, 0.25) is 0 Å². The summed E-state index contributed by atoms with van der Waals surface area (Å²) < 4.78 is 18.1. The molecule has 0 fully saturated rings. The van der Waals surface area contributed by atoms with Crippen molar-refractivity contribution in [2.75, 3.05) is 13.7 Å². The number of rotatable bonds is 5. The Labute approximate surface area is 157 Å². The first-order valence-corrected chi connectivity index (χ1v) is 9.10. The van der Waals surface area contributed by atoms with E-state index in [0.717, 1.165) is 52.3 Å². The highest BCUT2D eigenvalue weighted by Crippen LogP contribution is 2.40. The highest BCUT2D eigenvalue weighted by molar-refractivity contribution is 5.94. The summed E-state index contributed by atoms with van der Waals surface area (Å²) in [5.74, 6) is 1.28. The van der Waals surface area contributed by atoms with E-state index in [2.05, 4.69) is 5.16 Å². The third-order valence-corrected chi connectivity index (χ3v) is 5.11. The first-order valence-electron chi connectivity index (χ1n) is 9.10. The number of hydrogen-bond acceptors (Lipinski definition) is 5. The van der Waals surface area contributed by atoms with Gasteiger partial charge in [0.15, 0.2) is 5.76 Å². The number of nitrogens with zero attached hydrogens (tertiary/aromatic N) is 2. The van der Waals surface area contributed by atoms with Crippen molar-refractivity contribution in [3.05, 3.63) is 58.5 Å². The number of carbonyl (C=O) groups excluding carboxylic acids is 1. The van der Waals surface area contributed by atoms with Gasteiger partial charge in [0.1, 0.15) is 11.4 Å². The highest BCUT2D eigenvalue weighted by atomic mass is 16.5. The van der Waals surface area contributed by atoms with Crippen LogP contribution in [0.3, 0.4) is 0 Å². The molecule has 6 heteroatoms. The smallest absolute Gasteiger partial charge is 0.355 e. The van der Waals surface area contributed by atoms with Crippen molar-refractivity contribution in [3.8, 4) is 17.1 Å². The fraction of sp³-hybridized carbons (Fsp3) is 0.333. The van der Waals surface area contributed by atoms with Crippen LogP contribution in [0.15, 0.2) is 35.0 Å². The molecule has 1 aliphatic rings. The molecule has 2 aromatic heterocycles. The van der Waals surface area contributed by atoms with E-state index in [-0.39, 0.29) is 5.97 Å². The summed E-state index contributed by atoms with van der Waals surface area (Å²) in [5, 5.41) is 3.95. The van der Waals surface area contributed by atoms with E-state index in [0.29, 0.717) is 18.8 Å². The Morgan fingerprint density at radius 3 is 2.74 bits per heavy atom. The lowest BCUT2D eigenvalue weighted by molar-refractivity contribution is 0.0512. The summed E-state index contributed by atoms with van der Waals surface area (Å²) in [4.78, 5) is 12.8. The Hall–Kier alpha value is -3.02. The molecule has 0 bridgehead atoms. The number of carbonyl (C=O) groups is 1. The molecule has 0 N–H and O–H groups in total. The van der Waals surface area contributed by atoms with E-state index < -0.39 is 0 Å². The quantitative estimate of drug-likeness (QED) is 0.643. The topological polar surface area (TPSA) is 66.5 Å². The summed E-state index contributed by atoms with van der Waals surface area (Å²) >= 11 is 0. The maximum Gasteiger partial charge on any atom is 0.355 e. The van der Waals surface area contributed by atoms with Crippen molar-refractivity contribution in [2.45, 2.75) is 33.2 Å². The number of benzene rings is 1. The van der Waals surface area contributed by atoms with Crippen LogP contribution < -0.4 is 4.74 Å². The Balaban J connectivity index is 1.83. The van der Waals surface area contributed by atoms with Gasteiger partial charge >= 0.3 is 5.97 Å². The summed E-state index contributed by atoms with van der Waals surface area (Å²) in [5.41, 5.74) is 5.73. The second-order valence-electron chi connectivity index (χ2n) is 6.62. The minimum Gasteiger partial charge on any atom is -0.497 e. The van der Waals surface area contributed by atoms with Gasteiger partial charge in [-0.3, -0.25) is 0 Å². The molecule has 3 aromatic rings. The number of aryl methyl sites for hydroxylation is 1. The van der Waals surface area contributed by atoms with Crippen LogP contribution in [-0.2, 0) is 24.1 Å². The number of esters is 1. The molecule has 0 unspecified atom stereocenters. The monoisotopic (exact) mass is 366 g/mol. The largest absolute Gasteiger partial charge is 0.497 e. The first kappa shape index (κ1) is 17.4. The van der Waals surface area contributed by atoms with E-state index in [4.69, 9.17) is 14.0 Å². The molecule has 0 spiro atoms. The maximum absolute atomic E-state index is 12.8. The van der Waals surface area contributed by atoms with Gasteiger partial charge in [-0.25, -0.2) is 4.79 Å². The van der Waals surface area contributed by atoms with Gasteiger partial charge in [0.25, 0.3) is 0 Å². The Morgan fingerprint density at radius 2 is 2.04 bits per heavy atom. The predicted molar refractivity (Wildman–Crippen MR) is 100 cm³/mol. The Morgan fingerprint density at radius 1 is 1.26 bits per heavy atom. The van der Waals surface area contributed by atoms with Crippen molar-refractivity contribution in [3.63, 3.8) is 0 Å². The Kier molecular flexibility index (Phi) is 4.48. The van der Waals surface area contributed by atoms with E-state index in [1.165, 1.54) is 0 Å². The van der Waals surface area contributed by atoms with E-state index >= 15 is 0 Å². The number of hydrogen-bond donors (Lipinski definition) is 0. The second-order valence-corrected chi connectivity index (χ2v) is 6.62. The number of methoxy groups -OCH3 is 1. The van der Waals surface area contributed by atoms with Gasteiger partial charge in [-0.05, 0) is 49.9 Å². The molecule has 1 aliphatic carbocycles.